The fraction of sp³-hybridized carbons (Fsp3) is 0.320. The van der Waals surface area contributed by atoms with Crippen LogP contribution in [-0.2, 0) is 0 Å². The predicted molar refractivity (Wildman–Crippen MR) is 248 cm³/mol. The Hall–Kier alpha value is -5.26. The Labute approximate surface area is 363 Å². The molecule has 0 saturated carbocycles. The van der Waals surface area contributed by atoms with Crippen molar-refractivity contribution in [2.75, 3.05) is 24.1 Å². The molecule has 0 fully saturated rings. The molecular formula is C50H58N4O4S2. The Bertz CT molecular complexity index is 1910. The minimum Gasteiger partial charge on any atom is -0.494 e. The lowest BCUT2D eigenvalue weighted by atomic mass is 10.0. The van der Waals surface area contributed by atoms with Crippen molar-refractivity contribution < 1.29 is 19.1 Å². The van der Waals surface area contributed by atoms with Gasteiger partial charge in [-0.05, 0) is 109 Å². The Morgan fingerprint density at radius 1 is 0.433 bits per heavy atom. The number of rotatable bonds is 29. The Morgan fingerprint density at radius 2 is 0.800 bits per heavy atom. The molecule has 2 aromatic heterocycles. The zero-order valence-corrected chi connectivity index (χ0v) is 36.0. The number of carbonyl (C=O) groups is 2. The van der Waals surface area contributed by atoms with Crippen LogP contribution in [0.5, 0.6) is 11.5 Å². The molecule has 0 amide bonds. The average molecular weight is 843 g/mol. The number of benzene rings is 4. The Balaban J connectivity index is 0.759. The fourth-order valence-corrected chi connectivity index (χ4v) is 8.44. The number of para-hydroxylation sites is 2. The van der Waals surface area contributed by atoms with Crippen LogP contribution < -0.4 is 31.2 Å². The second-order valence-electron chi connectivity index (χ2n) is 14.9. The molecule has 2 unspecified atom stereocenters. The Morgan fingerprint density at radius 3 is 1.15 bits per heavy atom. The molecule has 2 atom stereocenters. The summed E-state index contributed by atoms with van der Waals surface area (Å²) >= 11 is 3.28. The second kappa shape index (κ2) is 25.4. The molecule has 0 aliphatic rings. The first-order chi connectivity index (χ1) is 29.6. The lowest BCUT2D eigenvalue weighted by Gasteiger charge is -2.18. The van der Waals surface area contributed by atoms with E-state index in [-0.39, 0.29) is 23.7 Å². The van der Waals surface area contributed by atoms with E-state index in [9.17, 15) is 9.59 Å². The predicted octanol–water partition coefficient (Wildman–Crippen LogP) is 13.0. The molecule has 10 heteroatoms. The summed E-state index contributed by atoms with van der Waals surface area (Å²) in [4.78, 5) is 28.6. The average Bonchev–Trinajstić information content (AvgIpc) is 4.04. The van der Waals surface area contributed by atoms with E-state index in [0.29, 0.717) is 37.2 Å². The van der Waals surface area contributed by atoms with Gasteiger partial charge < -0.3 is 20.3 Å². The van der Waals surface area contributed by atoms with E-state index < -0.39 is 0 Å². The van der Waals surface area contributed by atoms with E-state index >= 15 is 0 Å². The van der Waals surface area contributed by atoms with Crippen molar-refractivity contribution in [2.45, 2.75) is 89.1 Å². The van der Waals surface area contributed by atoms with Crippen LogP contribution in [0.4, 0.5) is 11.4 Å². The smallest absolute Gasteiger partial charge is 0.164 e. The van der Waals surface area contributed by atoms with E-state index in [2.05, 4.69) is 33.8 Å². The monoisotopic (exact) mass is 842 g/mol. The summed E-state index contributed by atoms with van der Waals surface area (Å²) in [5, 5.41) is 4.07. The SMILES string of the molecule is O=C(CC(NNc1ccccc1)c1cccs1)c1ccc(OCCCCCCCCCCCCOc2ccc(C(=O)CC(NNc3ccccc3)c3cccs3)cc2)cc1. The topological polar surface area (TPSA) is 101 Å². The standard InChI is InChI=1S/C50H58N4O4S2/c55-47(37-45(49-23-17-35-59-49)53-51-41-19-11-9-12-20-41)39-25-29-43(30-26-39)57-33-15-7-5-3-1-2-4-6-8-16-34-58-44-31-27-40(28-32-44)48(56)38-46(50-24-18-36-60-50)54-52-42-21-13-10-14-22-42/h9-14,17-32,35-36,45-46,51-54H,1-8,15-16,33-34,37-38H2. The number of hydrogen-bond acceptors (Lipinski definition) is 10. The number of ketones is 2. The van der Waals surface area contributed by atoms with Crippen LogP contribution in [0.2, 0.25) is 0 Å². The van der Waals surface area contributed by atoms with Gasteiger partial charge in [0.25, 0.3) is 0 Å². The normalized spacial score (nSPS) is 12.1. The number of hydrazine groups is 2. The van der Waals surface area contributed by atoms with Gasteiger partial charge in [-0.25, -0.2) is 10.9 Å². The molecule has 314 valence electrons. The van der Waals surface area contributed by atoms with Crippen LogP contribution in [0.15, 0.2) is 144 Å². The number of nitrogens with one attached hydrogen (secondary N) is 4. The minimum atomic E-state index is -0.134. The van der Waals surface area contributed by atoms with Gasteiger partial charge in [0.2, 0.25) is 0 Å². The van der Waals surface area contributed by atoms with Gasteiger partial charge in [-0.15, -0.1) is 22.7 Å². The first-order valence-electron chi connectivity index (χ1n) is 21.3. The van der Waals surface area contributed by atoms with Crippen LogP contribution in [-0.4, -0.2) is 24.8 Å². The van der Waals surface area contributed by atoms with Crippen molar-refractivity contribution in [3.63, 3.8) is 0 Å². The second-order valence-corrected chi connectivity index (χ2v) is 16.9. The minimum absolute atomic E-state index is 0.0887. The molecule has 6 rings (SSSR count). The number of thiophene rings is 2. The zero-order chi connectivity index (χ0) is 41.5. The molecule has 0 saturated heterocycles. The highest BCUT2D eigenvalue weighted by atomic mass is 32.1. The van der Waals surface area contributed by atoms with E-state index in [1.807, 2.05) is 132 Å². The number of Topliss-reactive ketones (excluding diaryl/α,β-unsaturated/α-hetero) is 2. The maximum atomic E-state index is 13.2. The quantitative estimate of drug-likeness (QED) is 0.0210. The van der Waals surface area contributed by atoms with E-state index in [1.165, 1.54) is 38.5 Å². The van der Waals surface area contributed by atoms with Gasteiger partial charge in [-0.3, -0.25) is 9.59 Å². The molecule has 6 aromatic rings. The molecule has 0 radical (unpaired) electrons. The summed E-state index contributed by atoms with van der Waals surface area (Å²) < 4.78 is 12.0. The van der Waals surface area contributed by atoms with Crippen LogP contribution in [0.1, 0.15) is 120 Å². The zero-order valence-electron chi connectivity index (χ0n) is 34.4. The third kappa shape index (κ3) is 15.4. The van der Waals surface area contributed by atoms with Crippen molar-refractivity contribution >= 4 is 45.6 Å². The number of anilines is 2. The van der Waals surface area contributed by atoms with Gasteiger partial charge in [0.1, 0.15) is 11.5 Å². The molecule has 0 spiro atoms. The van der Waals surface area contributed by atoms with Crippen molar-refractivity contribution in [3.05, 3.63) is 165 Å². The maximum absolute atomic E-state index is 13.2. The van der Waals surface area contributed by atoms with Gasteiger partial charge in [0.15, 0.2) is 11.6 Å². The van der Waals surface area contributed by atoms with Gasteiger partial charge >= 0.3 is 0 Å². The van der Waals surface area contributed by atoms with Gasteiger partial charge in [0.05, 0.1) is 25.3 Å². The third-order valence-electron chi connectivity index (χ3n) is 10.3. The summed E-state index contributed by atoms with van der Waals surface area (Å²) in [5.74, 6) is 1.79. The molecule has 0 aliphatic heterocycles. The first kappa shape index (κ1) is 44.3. The molecule has 0 aliphatic carbocycles. The Kier molecular flexibility index (Phi) is 18.7. The van der Waals surface area contributed by atoms with Crippen LogP contribution >= 0.6 is 22.7 Å². The van der Waals surface area contributed by atoms with E-state index in [4.69, 9.17) is 9.47 Å². The van der Waals surface area contributed by atoms with E-state index in [0.717, 1.165) is 58.3 Å². The maximum Gasteiger partial charge on any atom is 0.164 e. The molecule has 4 aromatic carbocycles. The molecule has 0 bridgehead atoms. The highest BCUT2D eigenvalue weighted by molar-refractivity contribution is 7.10. The van der Waals surface area contributed by atoms with Crippen molar-refractivity contribution in [1.29, 1.82) is 0 Å². The highest BCUT2D eigenvalue weighted by Gasteiger charge is 2.20. The summed E-state index contributed by atoms with van der Waals surface area (Å²) in [6.45, 7) is 1.38. The van der Waals surface area contributed by atoms with Crippen LogP contribution in [0.25, 0.3) is 0 Å². The summed E-state index contributed by atoms with van der Waals surface area (Å²) in [6.07, 6.45) is 12.6. The van der Waals surface area contributed by atoms with E-state index in [1.54, 1.807) is 22.7 Å². The van der Waals surface area contributed by atoms with Crippen molar-refractivity contribution in [2.24, 2.45) is 0 Å². The third-order valence-corrected chi connectivity index (χ3v) is 12.3. The lowest BCUT2D eigenvalue weighted by Crippen LogP contribution is -2.28. The molecule has 8 nitrogen and oxygen atoms in total. The molecule has 2 heterocycles. The van der Waals surface area contributed by atoms with Crippen molar-refractivity contribution in [3.8, 4) is 11.5 Å². The first-order valence-corrected chi connectivity index (χ1v) is 23.1. The summed E-state index contributed by atoms with van der Waals surface area (Å²) in [5.41, 5.74) is 16.5. The van der Waals surface area contributed by atoms with Crippen LogP contribution in [0, 0.1) is 0 Å². The number of hydrogen-bond donors (Lipinski definition) is 4. The van der Waals surface area contributed by atoms with Gasteiger partial charge in [-0.1, -0.05) is 99.9 Å². The van der Waals surface area contributed by atoms with Crippen molar-refractivity contribution in [1.82, 2.24) is 10.9 Å². The summed E-state index contributed by atoms with van der Waals surface area (Å²) in [6, 6.07) is 42.8. The summed E-state index contributed by atoms with van der Waals surface area (Å²) in [7, 11) is 0. The largest absolute Gasteiger partial charge is 0.494 e. The van der Waals surface area contributed by atoms with Gasteiger partial charge in [0, 0.05) is 45.1 Å². The fourth-order valence-electron chi connectivity index (χ4n) is 6.89. The molecule has 4 N–H and O–H groups in total. The number of carbonyl (C=O) groups excluding carboxylic acids is 2. The molecular weight excluding hydrogens is 785 g/mol. The highest BCUT2D eigenvalue weighted by Crippen LogP contribution is 2.27. The van der Waals surface area contributed by atoms with Crippen LogP contribution in [0.3, 0.4) is 0 Å². The van der Waals surface area contributed by atoms with Gasteiger partial charge in [-0.2, -0.15) is 0 Å². The number of ether oxygens (including phenoxy) is 2. The lowest BCUT2D eigenvalue weighted by molar-refractivity contribution is 0.0962. The number of unbranched alkanes of at least 4 members (excludes halogenated alkanes) is 9. The molecule has 60 heavy (non-hydrogen) atoms.